The highest BCUT2D eigenvalue weighted by molar-refractivity contribution is 8.00. The van der Waals surface area contributed by atoms with Crippen LogP contribution in [0.3, 0.4) is 0 Å². The van der Waals surface area contributed by atoms with Gasteiger partial charge in [0.05, 0.1) is 11.9 Å². The van der Waals surface area contributed by atoms with Gasteiger partial charge in [0.25, 0.3) is 0 Å². The van der Waals surface area contributed by atoms with Crippen molar-refractivity contribution in [3.8, 4) is 0 Å². The van der Waals surface area contributed by atoms with Crippen LogP contribution in [0.5, 0.6) is 0 Å². The molecule has 0 aliphatic carbocycles. The summed E-state index contributed by atoms with van der Waals surface area (Å²) in [5.41, 5.74) is 0. The van der Waals surface area contributed by atoms with Gasteiger partial charge >= 0.3 is 5.97 Å². The molecule has 0 saturated carbocycles. The molecule has 1 atom stereocenters. The number of rotatable bonds is 7. The van der Waals surface area contributed by atoms with Crippen molar-refractivity contribution in [2.45, 2.75) is 12.5 Å². The van der Waals surface area contributed by atoms with Crippen LogP contribution in [0.4, 0.5) is 0 Å². The van der Waals surface area contributed by atoms with E-state index < -0.39 is 17.9 Å². The summed E-state index contributed by atoms with van der Waals surface area (Å²) in [5, 5.41) is 17.4. The van der Waals surface area contributed by atoms with E-state index in [-0.39, 0.29) is 5.75 Å². The molecule has 0 bridgehead atoms. The maximum Gasteiger partial charge on any atom is 0.373 e. The molecule has 0 saturated heterocycles. The predicted molar refractivity (Wildman–Crippen MR) is 54.4 cm³/mol. The van der Waals surface area contributed by atoms with Gasteiger partial charge in [0.15, 0.2) is 0 Å². The average Bonchev–Trinajstić information content (AvgIpc) is 2.04. The quantitative estimate of drug-likeness (QED) is 0.421. The number of aliphatic hydroxyl groups excluding tert-OH is 1. The summed E-state index contributed by atoms with van der Waals surface area (Å²) in [4.78, 5) is 20.6. The number of thioether (sulfide) groups is 1. The van der Waals surface area contributed by atoms with Gasteiger partial charge in [-0.3, -0.25) is 4.79 Å². The molecule has 0 aliphatic rings. The number of hydrogen-bond acceptors (Lipinski definition) is 5. The fourth-order valence-corrected chi connectivity index (χ4v) is 1.75. The Morgan fingerprint density at radius 2 is 2.08 bits per heavy atom. The molecule has 0 heterocycles. The monoisotopic (exact) mass is 224 g/mol. The highest BCUT2D eigenvalue weighted by Crippen LogP contribution is 2.06. The van der Waals surface area contributed by atoms with Crippen LogP contribution in [-0.2, 0) is 9.59 Å². The Morgan fingerprint density at radius 1 is 1.46 bits per heavy atom. The molecule has 6 heteroatoms. The molecule has 0 spiro atoms. The molecule has 0 radical (unpaired) electrons. The Hall–Kier alpha value is -0.200. The van der Waals surface area contributed by atoms with Crippen LogP contribution in [0.15, 0.2) is 0 Å². The summed E-state index contributed by atoms with van der Waals surface area (Å²) in [6, 6.07) is 0. The van der Waals surface area contributed by atoms with Crippen molar-refractivity contribution >= 4 is 36.1 Å². The molecule has 0 aliphatic heterocycles. The molecule has 1 unspecified atom stereocenters. The summed E-state index contributed by atoms with van der Waals surface area (Å²) in [6.45, 7) is 0. The van der Waals surface area contributed by atoms with Gasteiger partial charge in [-0.05, 0) is 12.2 Å². The van der Waals surface area contributed by atoms with E-state index in [0.29, 0.717) is 17.9 Å². The number of hydrogen-bond donors (Lipinski definition) is 3. The zero-order chi connectivity index (χ0) is 10.3. The largest absolute Gasteiger partial charge is 0.475 e. The van der Waals surface area contributed by atoms with E-state index in [2.05, 4.69) is 12.6 Å². The van der Waals surface area contributed by atoms with Gasteiger partial charge in [-0.2, -0.15) is 24.4 Å². The third-order valence-corrected chi connectivity index (χ3v) is 2.59. The second kappa shape index (κ2) is 7.23. The minimum absolute atomic E-state index is 0.0844. The third-order valence-electron chi connectivity index (χ3n) is 1.24. The fraction of sp³-hybridized carbons (Fsp3) is 0.714. The smallest absolute Gasteiger partial charge is 0.373 e. The molecule has 0 amide bonds. The molecule has 2 N–H and O–H groups in total. The maximum absolute atomic E-state index is 10.6. The lowest BCUT2D eigenvalue weighted by atomic mass is 10.3. The first-order chi connectivity index (χ1) is 6.07. The van der Waals surface area contributed by atoms with Crippen LogP contribution in [0.2, 0.25) is 0 Å². The summed E-state index contributed by atoms with van der Waals surface area (Å²) in [7, 11) is 0. The highest BCUT2D eigenvalue weighted by atomic mass is 32.2. The molecule has 13 heavy (non-hydrogen) atoms. The van der Waals surface area contributed by atoms with Crippen LogP contribution < -0.4 is 0 Å². The van der Waals surface area contributed by atoms with Crippen LogP contribution in [0.1, 0.15) is 6.42 Å². The van der Waals surface area contributed by atoms with E-state index in [1.165, 1.54) is 0 Å². The summed E-state index contributed by atoms with van der Waals surface area (Å²) in [5.74, 6) is -1.38. The van der Waals surface area contributed by atoms with E-state index in [1.54, 1.807) is 0 Å². The minimum Gasteiger partial charge on any atom is -0.475 e. The standard InChI is InChI=1S/C7H12O4S2/c8-5(1-2-12)3-13-4-6(9)7(10)11/h5,8,12H,1-4H2,(H,10,11). The van der Waals surface area contributed by atoms with Gasteiger partial charge in [0.1, 0.15) is 0 Å². The second-order valence-electron chi connectivity index (χ2n) is 2.41. The van der Waals surface area contributed by atoms with Gasteiger partial charge < -0.3 is 10.2 Å². The molecule has 0 fully saturated rings. The Bertz CT molecular complexity index is 183. The van der Waals surface area contributed by atoms with E-state index in [9.17, 15) is 14.7 Å². The Morgan fingerprint density at radius 3 is 2.54 bits per heavy atom. The summed E-state index contributed by atoms with van der Waals surface area (Å²) < 4.78 is 0. The third kappa shape index (κ3) is 6.92. The van der Waals surface area contributed by atoms with Gasteiger partial charge in [0.2, 0.25) is 5.78 Å². The zero-order valence-electron chi connectivity index (χ0n) is 6.97. The molecule has 4 nitrogen and oxygen atoms in total. The molecule has 0 rings (SSSR count). The zero-order valence-corrected chi connectivity index (χ0v) is 8.68. The Kier molecular flexibility index (Phi) is 7.12. The van der Waals surface area contributed by atoms with Crippen molar-refractivity contribution < 1.29 is 19.8 Å². The van der Waals surface area contributed by atoms with Gasteiger partial charge in [-0.1, -0.05) is 0 Å². The van der Waals surface area contributed by atoms with Crippen molar-refractivity contribution in [2.75, 3.05) is 17.3 Å². The topological polar surface area (TPSA) is 74.6 Å². The number of Topliss-reactive ketones (excluding diaryl/α,β-unsaturated/α-hetero) is 1. The van der Waals surface area contributed by atoms with Crippen molar-refractivity contribution in [2.24, 2.45) is 0 Å². The van der Waals surface area contributed by atoms with Crippen molar-refractivity contribution in [1.82, 2.24) is 0 Å². The number of carboxylic acids is 1. The maximum atomic E-state index is 10.6. The van der Waals surface area contributed by atoms with E-state index in [1.807, 2.05) is 0 Å². The number of thiol groups is 1. The van der Waals surface area contributed by atoms with E-state index in [0.717, 1.165) is 11.8 Å². The summed E-state index contributed by atoms with van der Waals surface area (Å²) >= 11 is 5.05. The number of aliphatic carboxylic acids is 1. The number of carbonyl (C=O) groups excluding carboxylic acids is 1. The molecule has 0 aromatic carbocycles. The molecular formula is C7H12O4S2. The number of aliphatic hydroxyl groups is 1. The molecule has 76 valence electrons. The average molecular weight is 224 g/mol. The van der Waals surface area contributed by atoms with Gasteiger partial charge in [-0.25, -0.2) is 4.79 Å². The highest BCUT2D eigenvalue weighted by Gasteiger charge is 2.12. The molecule has 0 aromatic heterocycles. The van der Waals surface area contributed by atoms with Crippen LogP contribution in [-0.4, -0.2) is 45.3 Å². The minimum atomic E-state index is -1.42. The lowest BCUT2D eigenvalue weighted by Gasteiger charge is -2.06. The first kappa shape index (κ1) is 12.8. The van der Waals surface area contributed by atoms with Crippen molar-refractivity contribution in [1.29, 1.82) is 0 Å². The summed E-state index contributed by atoms with van der Waals surface area (Å²) in [6.07, 6.45) is 0.0429. The lowest BCUT2D eigenvalue weighted by Crippen LogP contribution is -2.17. The van der Waals surface area contributed by atoms with Crippen molar-refractivity contribution in [3.05, 3.63) is 0 Å². The number of carbonyl (C=O) groups is 2. The molecule has 0 aromatic rings. The van der Waals surface area contributed by atoms with E-state index in [4.69, 9.17) is 5.11 Å². The Balaban J connectivity index is 3.44. The number of ketones is 1. The van der Waals surface area contributed by atoms with Crippen LogP contribution in [0, 0.1) is 0 Å². The van der Waals surface area contributed by atoms with Crippen LogP contribution >= 0.6 is 24.4 Å². The first-order valence-electron chi connectivity index (χ1n) is 3.70. The van der Waals surface area contributed by atoms with Crippen molar-refractivity contribution in [3.63, 3.8) is 0 Å². The van der Waals surface area contributed by atoms with Gasteiger partial charge in [-0.15, -0.1) is 0 Å². The SMILES string of the molecule is O=C(O)C(=O)CSCC(O)CCS. The first-order valence-corrected chi connectivity index (χ1v) is 5.49. The van der Waals surface area contributed by atoms with Crippen LogP contribution in [0.25, 0.3) is 0 Å². The normalized spacial score (nSPS) is 12.5. The van der Waals surface area contributed by atoms with Gasteiger partial charge in [0, 0.05) is 5.75 Å². The predicted octanol–water partition coefficient (Wildman–Crippen LogP) is 0.0541. The fourth-order valence-electron chi connectivity index (χ4n) is 0.582. The Labute approximate surface area is 86.1 Å². The lowest BCUT2D eigenvalue weighted by molar-refractivity contribution is -0.147. The molecular weight excluding hydrogens is 212 g/mol. The number of carboxylic acid groups (broad SMARTS) is 1. The second-order valence-corrected chi connectivity index (χ2v) is 3.89. The van der Waals surface area contributed by atoms with E-state index >= 15 is 0 Å².